The minimum absolute atomic E-state index is 0.0388. The van der Waals surface area contributed by atoms with Crippen LogP contribution in [0.5, 0.6) is 0 Å². The summed E-state index contributed by atoms with van der Waals surface area (Å²) in [7, 11) is 0. The summed E-state index contributed by atoms with van der Waals surface area (Å²) in [4.78, 5) is 9.54. The Hall–Kier alpha value is -5.60. The highest BCUT2D eigenvalue weighted by Crippen LogP contribution is 2.51. The summed E-state index contributed by atoms with van der Waals surface area (Å²) < 4.78 is 0. The van der Waals surface area contributed by atoms with E-state index in [9.17, 15) is 0 Å². The average molecular weight is 645 g/mol. The van der Waals surface area contributed by atoms with Gasteiger partial charge in [0, 0.05) is 22.0 Å². The smallest absolute Gasteiger partial charge is 0.116 e. The predicted molar refractivity (Wildman–Crippen MR) is 208 cm³/mol. The molecule has 1 heterocycles. The second-order valence-corrected chi connectivity index (χ2v) is 15.2. The summed E-state index contributed by atoms with van der Waals surface area (Å²) >= 11 is 0. The minimum atomic E-state index is -0.0388. The summed E-state index contributed by atoms with van der Waals surface area (Å²) in [5, 5.41) is 0. The van der Waals surface area contributed by atoms with Gasteiger partial charge in [-0.05, 0) is 122 Å². The highest BCUT2D eigenvalue weighted by Gasteiger charge is 2.36. The fourth-order valence-electron chi connectivity index (χ4n) is 8.60. The van der Waals surface area contributed by atoms with Gasteiger partial charge in [-0.15, -0.1) is 0 Å². The Morgan fingerprint density at radius 1 is 0.360 bits per heavy atom. The first-order valence-corrected chi connectivity index (χ1v) is 17.6. The van der Waals surface area contributed by atoms with Gasteiger partial charge in [-0.25, -0.2) is 9.97 Å². The standard InChI is InChI=1S/C48H40N2/c1-29-15-17-33(23-39(29)31-19-21-37-35-11-7-9-13-41(35)47(3,4)43(37)25-31)45-27-46(50-28-49-45)34-18-16-30(2)40(24-34)32-20-22-38-36-12-8-10-14-42(36)48(5,6)44(38)26-32/h7-28H,1-6H3. The third-order valence-electron chi connectivity index (χ3n) is 11.5. The Kier molecular flexibility index (Phi) is 6.67. The maximum atomic E-state index is 4.77. The van der Waals surface area contributed by atoms with E-state index in [1.54, 1.807) is 6.33 Å². The van der Waals surface area contributed by atoms with Crippen LogP contribution in [0.25, 0.3) is 67.0 Å². The largest absolute Gasteiger partial charge is 0.236 e. The Balaban J connectivity index is 1.07. The molecule has 2 heteroatoms. The van der Waals surface area contributed by atoms with E-state index in [0.717, 1.165) is 22.5 Å². The fraction of sp³-hybridized carbons (Fsp3) is 0.167. The van der Waals surface area contributed by atoms with Gasteiger partial charge in [0.15, 0.2) is 0 Å². The maximum Gasteiger partial charge on any atom is 0.116 e. The van der Waals surface area contributed by atoms with Gasteiger partial charge in [-0.2, -0.15) is 0 Å². The first-order valence-electron chi connectivity index (χ1n) is 17.6. The van der Waals surface area contributed by atoms with Crippen LogP contribution in [0.3, 0.4) is 0 Å². The zero-order chi connectivity index (χ0) is 34.4. The van der Waals surface area contributed by atoms with Crippen LogP contribution in [0.15, 0.2) is 134 Å². The first kappa shape index (κ1) is 30.5. The highest BCUT2D eigenvalue weighted by molar-refractivity contribution is 5.86. The van der Waals surface area contributed by atoms with Gasteiger partial charge in [0.1, 0.15) is 6.33 Å². The van der Waals surface area contributed by atoms with E-state index in [2.05, 4.69) is 169 Å². The lowest BCUT2D eigenvalue weighted by Crippen LogP contribution is -2.14. The molecule has 0 aliphatic heterocycles. The van der Waals surface area contributed by atoms with E-state index in [1.807, 2.05) is 0 Å². The Morgan fingerprint density at radius 3 is 1.22 bits per heavy atom. The van der Waals surface area contributed by atoms with Gasteiger partial charge in [0.05, 0.1) is 11.4 Å². The second-order valence-electron chi connectivity index (χ2n) is 15.2. The molecule has 0 bridgehead atoms. The number of rotatable bonds is 4. The summed E-state index contributed by atoms with van der Waals surface area (Å²) in [6.07, 6.45) is 1.70. The van der Waals surface area contributed by atoms with Crippen molar-refractivity contribution in [3.05, 3.63) is 167 Å². The zero-order valence-corrected chi connectivity index (χ0v) is 29.6. The highest BCUT2D eigenvalue weighted by atomic mass is 14.8. The molecule has 0 unspecified atom stereocenters. The van der Waals surface area contributed by atoms with Crippen LogP contribution in [0, 0.1) is 13.8 Å². The van der Waals surface area contributed by atoms with Crippen LogP contribution in [0.2, 0.25) is 0 Å². The van der Waals surface area contributed by atoms with Crippen LogP contribution in [0.1, 0.15) is 61.1 Å². The number of aromatic nitrogens is 2. The van der Waals surface area contributed by atoms with Crippen molar-refractivity contribution in [1.29, 1.82) is 0 Å². The number of benzene rings is 6. The summed E-state index contributed by atoms with van der Waals surface area (Å²) in [6.45, 7) is 13.8. The molecule has 0 spiro atoms. The number of hydrogen-bond donors (Lipinski definition) is 0. The van der Waals surface area contributed by atoms with Crippen LogP contribution in [-0.2, 0) is 10.8 Å². The van der Waals surface area contributed by atoms with E-state index in [-0.39, 0.29) is 10.8 Å². The van der Waals surface area contributed by atoms with Gasteiger partial charge >= 0.3 is 0 Å². The molecule has 2 nitrogen and oxygen atoms in total. The maximum absolute atomic E-state index is 4.77. The van der Waals surface area contributed by atoms with Crippen molar-refractivity contribution in [1.82, 2.24) is 9.97 Å². The number of aryl methyl sites for hydroxylation is 2. The molecular weight excluding hydrogens is 605 g/mol. The van der Waals surface area contributed by atoms with Crippen LogP contribution < -0.4 is 0 Å². The van der Waals surface area contributed by atoms with Crippen molar-refractivity contribution in [3.8, 4) is 67.0 Å². The molecule has 50 heavy (non-hydrogen) atoms. The monoisotopic (exact) mass is 644 g/mol. The molecule has 7 aromatic rings. The second kappa shape index (κ2) is 11.0. The number of fused-ring (bicyclic) bond motifs is 6. The topological polar surface area (TPSA) is 25.8 Å². The van der Waals surface area contributed by atoms with E-state index >= 15 is 0 Å². The summed E-state index contributed by atoms with van der Waals surface area (Å²) in [5.74, 6) is 0. The molecule has 1 aromatic heterocycles. The molecule has 0 radical (unpaired) electrons. The van der Waals surface area contributed by atoms with E-state index < -0.39 is 0 Å². The molecule has 9 rings (SSSR count). The molecule has 242 valence electrons. The molecule has 6 aromatic carbocycles. The molecular formula is C48H40N2. The van der Waals surface area contributed by atoms with Crippen LogP contribution >= 0.6 is 0 Å². The molecule has 0 atom stereocenters. The molecule has 0 amide bonds. The number of nitrogens with zero attached hydrogens (tertiary/aromatic N) is 2. The Labute approximate surface area is 295 Å². The van der Waals surface area contributed by atoms with Crippen molar-refractivity contribution in [2.24, 2.45) is 0 Å². The Morgan fingerprint density at radius 2 is 0.760 bits per heavy atom. The molecule has 0 saturated carbocycles. The molecule has 2 aliphatic rings. The number of hydrogen-bond acceptors (Lipinski definition) is 2. The van der Waals surface area contributed by atoms with E-state index in [0.29, 0.717) is 0 Å². The average Bonchev–Trinajstić information content (AvgIpc) is 3.51. The van der Waals surface area contributed by atoms with Gasteiger partial charge in [-0.1, -0.05) is 125 Å². The third-order valence-corrected chi connectivity index (χ3v) is 11.5. The molecule has 0 fully saturated rings. The molecule has 0 saturated heterocycles. The van der Waals surface area contributed by atoms with Gasteiger partial charge in [-0.3, -0.25) is 0 Å². The van der Waals surface area contributed by atoms with Crippen LogP contribution in [-0.4, -0.2) is 9.97 Å². The third kappa shape index (κ3) is 4.55. The van der Waals surface area contributed by atoms with Crippen molar-refractivity contribution in [2.45, 2.75) is 52.4 Å². The van der Waals surface area contributed by atoms with Crippen molar-refractivity contribution >= 4 is 0 Å². The SMILES string of the molecule is Cc1ccc(-c2cc(-c3ccc(C)c(-c4ccc5c(c4)C(C)(C)c4ccccc4-5)c3)ncn2)cc1-c1ccc2c(c1)C(C)(C)c1ccccc1-2. The first-order chi connectivity index (χ1) is 24.1. The Bertz CT molecular complexity index is 2340. The van der Waals surface area contributed by atoms with E-state index in [4.69, 9.17) is 9.97 Å². The lowest BCUT2D eigenvalue weighted by atomic mass is 9.81. The zero-order valence-electron chi connectivity index (χ0n) is 29.6. The van der Waals surface area contributed by atoms with Crippen molar-refractivity contribution in [3.63, 3.8) is 0 Å². The van der Waals surface area contributed by atoms with Gasteiger partial charge in [0.2, 0.25) is 0 Å². The van der Waals surface area contributed by atoms with Crippen molar-refractivity contribution in [2.75, 3.05) is 0 Å². The fourth-order valence-corrected chi connectivity index (χ4v) is 8.60. The predicted octanol–water partition coefficient (Wildman–Crippen LogP) is 12.4. The van der Waals surface area contributed by atoms with Crippen molar-refractivity contribution < 1.29 is 0 Å². The quantitative estimate of drug-likeness (QED) is 0.191. The lowest BCUT2D eigenvalue weighted by Gasteiger charge is -2.22. The summed E-state index contributed by atoms with van der Waals surface area (Å²) in [5.41, 5.74) is 22.3. The van der Waals surface area contributed by atoms with Gasteiger partial charge < -0.3 is 0 Å². The van der Waals surface area contributed by atoms with Gasteiger partial charge in [0.25, 0.3) is 0 Å². The lowest BCUT2D eigenvalue weighted by molar-refractivity contribution is 0.660. The minimum Gasteiger partial charge on any atom is -0.236 e. The molecule has 0 N–H and O–H groups in total. The summed E-state index contributed by atoms with van der Waals surface area (Å²) in [6, 6.07) is 47.2. The normalized spacial score (nSPS) is 14.5. The van der Waals surface area contributed by atoms with E-state index in [1.165, 1.54) is 77.9 Å². The van der Waals surface area contributed by atoms with Crippen LogP contribution in [0.4, 0.5) is 0 Å². The molecule has 2 aliphatic carbocycles.